The molecule has 0 aliphatic rings. The molecule has 0 saturated carbocycles. The largest absolute Gasteiger partial charge is 0.573 e. The second-order valence-corrected chi connectivity index (χ2v) is 4.44. The summed E-state index contributed by atoms with van der Waals surface area (Å²) in [5.41, 5.74) is -0.108. The van der Waals surface area contributed by atoms with Gasteiger partial charge in [-0.05, 0) is 17.0 Å². The van der Waals surface area contributed by atoms with Crippen LogP contribution in [0.15, 0.2) is 18.2 Å². The summed E-state index contributed by atoms with van der Waals surface area (Å²) in [6.07, 6.45) is -4.80. The molecule has 5 heteroatoms. The van der Waals surface area contributed by atoms with Gasteiger partial charge in [0.25, 0.3) is 0 Å². The average Bonchev–Trinajstić information content (AvgIpc) is 1.97. The molecular weight excluding hydrogens is 224 g/mol. The highest BCUT2D eigenvalue weighted by atomic mass is 19.4. The van der Waals surface area contributed by atoms with Gasteiger partial charge < -0.3 is 4.74 Å². The first kappa shape index (κ1) is 12.8. The fourth-order valence-corrected chi connectivity index (χ4v) is 1.30. The zero-order valence-electron chi connectivity index (χ0n) is 9.15. The third-order valence-corrected chi connectivity index (χ3v) is 1.98. The van der Waals surface area contributed by atoms with E-state index in [1.54, 1.807) is 20.8 Å². The van der Waals surface area contributed by atoms with E-state index in [1.165, 1.54) is 6.07 Å². The molecule has 0 unspecified atom stereocenters. The molecular formula is C11H12F4O. The fourth-order valence-electron chi connectivity index (χ4n) is 1.30. The van der Waals surface area contributed by atoms with Gasteiger partial charge in [0, 0.05) is 6.07 Å². The average molecular weight is 236 g/mol. The topological polar surface area (TPSA) is 9.23 Å². The molecule has 0 fully saturated rings. The van der Waals surface area contributed by atoms with E-state index in [4.69, 9.17) is 0 Å². The minimum Gasteiger partial charge on any atom is -0.406 e. The first-order chi connectivity index (χ1) is 7.09. The number of halogens is 4. The number of rotatable bonds is 1. The second-order valence-electron chi connectivity index (χ2n) is 4.44. The lowest BCUT2D eigenvalue weighted by Gasteiger charge is -2.20. The van der Waals surface area contributed by atoms with Crippen molar-refractivity contribution in [3.63, 3.8) is 0 Å². The first-order valence-corrected chi connectivity index (χ1v) is 4.65. The molecule has 0 heterocycles. The van der Waals surface area contributed by atoms with Gasteiger partial charge in [-0.15, -0.1) is 13.2 Å². The number of ether oxygens (including phenoxy) is 1. The molecule has 0 saturated heterocycles. The number of hydrogen-bond donors (Lipinski definition) is 0. The van der Waals surface area contributed by atoms with Crippen molar-refractivity contribution >= 4 is 0 Å². The Bertz CT molecular complexity index is 377. The third kappa shape index (κ3) is 3.40. The maximum atomic E-state index is 13.5. The van der Waals surface area contributed by atoms with Crippen molar-refractivity contribution in [1.82, 2.24) is 0 Å². The lowest BCUT2D eigenvalue weighted by molar-refractivity contribution is -0.274. The summed E-state index contributed by atoms with van der Waals surface area (Å²) in [5.74, 6) is -1.24. The zero-order valence-corrected chi connectivity index (χ0v) is 9.15. The Morgan fingerprint density at radius 3 is 2.00 bits per heavy atom. The van der Waals surface area contributed by atoms with E-state index in [9.17, 15) is 17.6 Å². The van der Waals surface area contributed by atoms with E-state index in [1.807, 2.05) is 0 Å². The van der Waals surface area contributed by atoms with Gasteiger partial charge >= 0.3 is 6.36 Å². The van der Waals surface area contributed by atoms with E-state index >= 15 is 0 Å². The molecule has 0 bridgehead atoms. The lowest BCUT2D eigenvalue weighted by atomic mass is 9.87. The molecule has 1 aromatic rings. The molecule has 0 aromatic heterocycles. The van der Waals surface area contributed by atoms with Gasteiger partial charge in [-0.2, -0.15) is 0 Å². The van der Waals surface area contributed by atoms with Gasteiger partial charge in [0.05, 0.1) is 0 Å². The molecule has 1 nitrogen and oxygen atoms in total. The summed E-state index contributed by atoms with van der Waals surface area (Å²) < 4.78 is 52.7. The van der Waals surface area contributed by atoms with Crippen LogP contribution in [-0.2, 0) is 5.41 Å². The molecule has 0 spiro atoms. The van der Waals surface area contributed by atoms with Crippen LogP contribution in [0.2, 0.25) is 0 Å². The van der Waals surface area contributed by atoms with Crippen molar-refractivity contribution in [2.45, 2.75) is 32.5 Å². The van der Waals surface area contributed by atoms with E-state index in [2.05, 4.69) is 4.74 Å². The van der Waals surface area contributed by atoms with E-state index in [0.29, 0.717) is 5.56 Å². The highest BCUT2D eigenvalue weighted by Gasteiger charge is 2.31. The Morgan fingerprint density at radius 2 is 1.62 bits per heavy atom. The molecule has 0 aliphatic carbocycles. The van der Waals surface area contributed by atoms with Crippen LogP contribution in [0.25, 0.3) is 0 Å². The van der Waals surface area contributed by atoms with Gasteiger partial charge in [0.2, 0.25) is 0 Å². The van der Waals surface area contributed by atoms with Crippen LogP contribution in [0.4, 0.5) is 17.6 Å². The first-order valence-electron chi connectivity index (χ1n) is 4.65. The summed E-state index contributed by atoms with van der Waals surface area (Å²) in [4.78, 5) is 0. The highest BCUT2D eigenvalue weighted by Crippen LogP contribution is 2.29. The van der Waals surface area contributed by atoms with Crippen molar-refractivity contribution in [2.75, 3.05) is 0 Å². The van der Waals surface area contributed by atoms with Crippen molar-refractivity contribution in [3.8, 4) is 5.75 Å². The summed E-state index contributed by atoms with van der Waals surface area (Å²) in [7, 11) is 0. The lowest BCUT2D eigenvalue weighted by Crippen LogP contribution is -2.18. The monoisotopic (exact) mass is 236 g/mol. The molecule has 1 aromatic carbocycles. The van der Waals surface area contributed by atoms with Crippen LogP contribution in [0.1, 0.15) is 26.3 Å². The van der Waals surface area contributed by atoms with Crippen LogP contribution in [0, 0.1) is 5.82 Å². The number of benzene rings is 1. The molecule has 1 rings (SSSR count). The minimum atomic E-state index is -4.80. The Kier molecular flexibility index (Phi) is 3.17. The Hall–Kier alpha value is -1.26. The quantitative estimate of drug-likeness (QED) is 0.669. The Morgan fingerprint density at radius 1 is 1.06 bits per heavy atom. The number of hydrogen-bond acceptors (Lipinski definition) is 1. The predicted octanol–water partition coefficient (Wildman–Crippen LogP) is 4.02. The van der Waals surface area contributed by atoms with E-state index in [0.717, 1.165) is 12.1 Å². The zero-order chi connectivity index (χ0) is 12.6. The summed E-state index contributed by atoms with van der Waals surface area (Å²) in [5, 5.41) is 0. The summed E-state index contributed by atoms with van der Waals surface area (Å²) in [6.45, 7) is 5.32. The smallest absolute Gasteiger partial charge is 0.406 e. The van der Waals surface area contributed by atoms with Crippen molar-refractivity contribution in [2.24, 2.45) is 0 Å². The van der Waals surface area contributed by atoms with Crippen molar-refractivity contribution < 1.29 is 22.3 Å². The minimum absolute atomic E-state index is 0.349. The van der Waals surface area contributed by atoms with Crippen molar-refractivity contribution in [1.29, 1.82) is 0 Å². The Labute approximate surface area is 91.0 Å². The van der Waals surface area contributed by atoms with Crippen LogP contribution < -0.4 is 4.74 Å². The SMILES string of the molecule is CC(C)(C)c1ccc(OC(F)(F)F)cc1F. The maximum Gasteiger partial charge on any atom is 0.573 e. The van der Waals surface area contributed by atoms with Crippen LogP contribution in [0.5, 0.6) is 5.75 Å². The van der Waals surface area contributed by atoms with Gasteiger partial charge in [-0.3, -0.25) is 0 Å². The van der Waals surface area contributed by atoms with Crippen LogP contribution in [0.3, 0.4) is 0 Å². The van der Waals surface area contributed by atoms with Gasteiger partial charge in [0.15, 0.2) is 0 Å². The van der Waals surface area contributed by atoms with Gasteiger partial charge in [-0.1, -0.05) is 26.8 Å². The normalized spacial score (nSPS) is 12.7. The van der Waals surface area contributed by atoms with Gasteiger partial charge in [-0.25, -0.2) is 4.39 Å². The van der Waals surface area contributed by atoms with Gasteiger partial charge in [0.1, 0.15) is 11.6 Å². The molecule has 0 radical (unpaired) electrons. The van der Waals surface area contributed by atoms with Crippen molar-refractivity contribution in [3.05, 3.63) is 29.6 Å². The maximum absolute atomic E-state index is 13.5. The fraction of sp³-hybridized carbons (Fsp3) is 0.455. The molecule has 0 atom stereocenters. The molecule has 0 amide bonds. The third-order valence-electron chi connectivity index (χ3n) is 1.98. The number of alkyl halides is 3. The van der Waals surface area contributed by atoms with Crippen LogP contribution >= 0.6 is 0 Å². The summed E-state index contributed by atoms with van der Waals surface area (Å²) >= 11 is 0. The molecule has 0 N–H and O–H groups in total. The molecule has 0 aliphatic heterocycles. The second kappa shape index (κ2) is 3.96. The Balaban J connectivity index is 3.01. The molecule has 90 valence electrons. The van der Waals surface area contributed by atoms with E-state index < -0.39 is 23.3 Å². The van der Waals surface area contributed by atoms with Crippen LogP contribution in [-0.4, -0.2) is 6.36 Å². The summed E-state index contributed by atoms with van der Waals surface area (Å²) in [6, 6.07) is 3.15. The molecule has 16 heavy (non-hydrogen) atoms. The highest BCUT2D eigenvalue weighted by molar-refractivity contribution is 5.32. The van der Waals surface area contributed by atoms with E-state index in [-0.39, 0.29) is 0 Å². The standard InChI is InChI=1S/C11H12F4O/c1-10(2,3)8-5-4-7(6-9(8)12)16-11(13,14)15/h4-6H,1-3H3. The predicted molar refractivity (Wildman–Crippen MR) is 51.8 cm³/mol.